The molecule has 0 saturated heterocycles. The Morgan fingerprint density at radius 2 is 2.12 bits per heavy atom. The zero-order valence-corrected chi connectivity index (χ0v) is 10.0. The van der Waals surface area contributed by atoms with Gasteiger partial charge in [0.05, 0.1) is 24.7 Å². The molecule has 86 valence electrons. The normalized spacial score (nSPS) is 10.5. The first kappa shape index (κ1) is 12.2. The van der Waals surface area contributed by atoms with Gasteiger partial charge in [-0.3, -0.25) is 0 Å². The van der Waals surface area contributed by atoms with E-state index in [0.717, 1.165) is 5.56 Å². The van der Waals surface area contributed by atoms with Crippen LogP contribution in [-0.2, 0) is 4.74 Å². The third-order valence-corrected chi connectivity index (χ3v) is 2.07. The number of carbonyl (C=O) groups excluding carboxylic acids is 1. The van der Waals surface area contributed by atoms with Crippen LogP contribution < -0.4 is 0 Å². The molecular weight excluding hydrogens is 204 g/mol. The highest BCUT2D eigenvalue weighted by molar-refractivity contribution is 5.96. The maximum absolute atomic E-state index is 11.6. The third-order valence-electron chi connectivity index (χ3n) is 2.07. The molecule has 0 heterocycles. The van der Waals surface area contributed by atoms with Crippen molar-refractivity contribution in [3.05, 3.63) is 29.3 Å². The largest absolute Gasteiger partial charge is 0.465 e. The summed E-state index contributed by atoms with van der Waals surface area (Å²) < 4.78 is 4.74. The van der Waals surface area contributed by atoms with Crippen LogP contribution in [0.2, 0.25) is 0 Å². The Bertz CT molecular complexity index is 411. The number of aliphatic imine (C=N–C) groups is 1. The van der Waals surface area contributed by atoms with E-state index in [0.29, 0.717) is 11.3 Å². The number of ether oxygens (including phenoxy) is 1. The standard InChI is InChI=1S/C12H16N2O2/c1-9-6-5-7-10(13-8-14(2)3)11(9)12(15)16-4/h5-8H,1-4H3. The van der Waals surface area contributed by atoms with Gasteiger partial charge in [0.2, 0.25) is 0 Å². The number of rotatable bonds is 3. The number of aryl methyl sites for hydroxylation is 1. The first-order chi connectivity index (χ1) is 7.56. The number of esters is 1. The number of hydrogen-bond donors (Lipinski definition) is 0. The molecule has 0 aliphatic heterocycles. The zero-order chi connectivity index (χ0) is 12.1. The SMILES string of the molecule is COC(=O)c1c(C)cccc1N=CN(C)C. The lowest BCUT2D eigenvalue weighted by Gasteiger charge is -2.08. The molecule has 0 aliphatic rings. The van der Waals surface area contributed by atoms with E-state index >= 15 is 0 Å². The average Bonchev–Trinajstić information content (AvgIpc) is 2.25. The minimum atomic E-state index is -0.357. The van der Waals surface area contributed by atoms with E-state index < -0.39 is 0 Å². The topological polar surface area (TPSA) is 41.9 Å². The summed E-state index contributed by atoms with van der Waals surface area (Å²) in [5.41, 5.74) is 2.00. The van der Waals surface area contributed by atoms with Crippen LogP contribution >= 0.6 is 0 Å². The number of nitrogens with zero attached hydrogens (tertiary/aromatic N) is 2. The first-order valence-electron chi connectivity index (χ1n) is 4.94. The second-order valence-corrected chi connectivity index (χ2v) is 3.67. The average molecular weight is 220 g/mol. The molecule has 0 saturated carbocycles. The van der Waals surface area contributed by atoms with Crippen LogP contribution in [0.25, 0.3) is 0 Å². The molecule has 0 spiro atoms. The number of methoxy groups -OCH3 is 1. The van der Waals surface area contributed by atoms with Crippen molar-refractivity contribution in [1.29, 1.82) is 0 Å². The highest BCUT2D eigenvalue weighted by Gasteiger charge is 2.13. The van der Waals surface area contributed by atoms with E-state index in [9.17, 15) is 4.79 Å². The molecule has 16 heavy (non-hydrogen) atoms. The molecule has 0 fully saturated rings. The number of carbonyl (C=O) groups is 1. The smallest absolute Gasteiger partial charge is 0.340 e. The molecule has 1 aromatic rings. The quantitative estimate of drug-likeness (QED) is 0.444. The molecule has 4 nitrogen and oxygen atoms in total. The van der Waals surface area contributed by atoms with E-state index in [4.69, 9.17) is 4.74 Å². The summed E-state index contributed by atoms with van der Waals surface area (Å²) in [4.78, 5) is 17.6. The molecule has 0 N–H and O–H groups in total. The van der Waals surface area contributed by atoms with Crippen molar-refractivity contribution in [2.75, 3.05) is 21.2 Å². The molecule has 0 radical (unpaired) electrons. The van der Waals surface area contributed by atoms with Crippen LogP contribution in [0, 0.1) is 6.92 Å². The molecule has 0 bridgehead atoms. The second-order valence-electron chi connectivity index (χ2n) is 3.67. The highest BCUT2D eigenvalue weighted by atomic mass is 16.5. The maximum atomic E-state index is 11.6. The number of benzene rings is 1. The van der Waals surface area contributed by atoms with E-state index in [1.54, 1.807) is 12.4 Å². The van der Waals surface area contributed by atoms with E-state index in [1.807, 2.05) is 38.1 Å². The van der Waals surface area contributed by atoms with E-state index in [2.05, 4.69) is 4.99 Å². The number of hydrogen-bond acceptors (Lipinski definition) is 3. The summed E-state index contributed by atoms with van der Waals surface area (Å²) in [6.45, 7) is 1.86. The van der Waals surface area contributed by atoms with Gasteiger partial charge in [0.1, 0.15) is 0 Å². The van der Waals surface area contributed by atoms with Gasteiger partial charge < -0.3 is 9.64 Å². The Morgan fingerprint density at radius 1 is 1.44 bits per heavy atom. The van der Waals surface area contributed by atoms with E-state index in [1.165, 1.54) is 7.11 Å². The molecule has 1 rings (SSSR count). The van der Waals surface area contributed by atoms with Gasteiger partial charge in [-0.15, -0.1) is 0 Å². The molecule has 0 unspecified atom stereocenters. The third kappa shape index (κ3) is 2.82. The molecule has 1 aromatic carbocycles. The molecule has 0 atom stereocenters. The van der Waals surface area contributed by atoms with Crippen LogP contribution in [0.3, 0.4) is 0 Å². The van der Waals surface area contributed by atoms with Gasteiger partial charge in [-0.05, 0) is 18.6 Å². The molecule has 4 heteroatoms. The van der Waals surface area contributed by atoms with Gasteiger partial charge in [0.25, 0.3) is 0 Å². The van der Waals surface area contributed by atoms with Crippen LogP contribution in [0.1, 0.15) is 15.9 Å². The summed E-state index contributed by atoms with van der Waals surface area (Å²) >= 11 is 0. The molecule has 0 aromatic heterocycles. The fraction of sp³-hybridized carbons (Fsp3) is 0.333. The highest BCUT2D eigenvalue weighted by Crippen LogP contribution is 2.22. The molecular formula is C12H16N2O2. The van der Waals surface area contributed by atoms with Crippen LogP contribution in [0.4, 0.5) is 5.69 Å². The summed E-state index contributed by atoms with van der Waals surface area (Å²) in [6, 6.07) is 5.52. The van der Waals surface area contributed by atoms with E-state index in [-0.39, 0.29) is 5.97 Å². The summed E-state index contributed by atoms with van der Waals surface area (Å²) in [7, 11) is 5.11. The Morgan fingerprint density at radius 3 is 2.69 bits per heavy atom. The Kier molecular flexibility index (Phi) is 4.05. The van der Waals surface area contributed by atoms with Crippen molar-refractivity contribution in [2.24, 2.45) is 4.99 Å². The van der Waals surface area contributed by atoms with Gasteiger partial charge in [0, 0.05) is 14.1 Å². The lowest BCUT2D eigenvalue weighted by Crippen LogP contribution is -2.08. The Balaban J connectivity index is 3.18. The fourth-order valence-corrected chi connectivity index (χ4v) is 1.31. The van der Waals surface area contributed by atoms with Crippen molar-refractivity contribution >= 4 is 18.0 Å². The second kappa shape index (κ2) is 5.30. The van der Waals surface area contributed by atoms with Crippen molar-refractivity contribution in [3.63, 3.8) is 0 Å². The monoisotopic (exact) mass is 220 g/mol. The van der Waals surface area contributed by atoms with Crippen molar-refractivity contribution in [3.8, 4) is 0 Å². The minimum absolute atomic E-state index is 0.357. The van der Waals surface area contributed by atoms with Crippen molar-refractivity contribution in [2.45, 2.75) is 6.92 Å². The van der Waals surface area contributed by atoms with Crippen molar-refractivity contribution < 1.29 is 9.53 Å². The Labute approximate surface area is 95.6 Å². The molecule has 0 amide bonds. The maximum Gasteiger partial charge on any atom is 0.340 e. The zero-order valence-electron chi connectivity index (χ0n) is 10.0. The van der Waals surface area contributed by atoms with Crippen LogP contribution in [0.5, 0.6) is 0 Å². The van der Waals surface area contributed by atoms with Gasteiger partial charge >= 0.3 is 5.97 Å². The molecule has 0 aliphatic carbocycles. The predicted molar refractivity (Wildman–Crippen MR) is 64.4 cm³/mol. The minimum Gasteiger partial charge on any atom is -0.465 e. The predicted octanol–water partition coefficient (Wildman–Crippen LogP) is 2.00. The first-order valence-corrected chi connectivity index (χ1v) is 4.94. The summed E-state index contributed by atoms with van der Waals surface area (Å²) in [5.74, 6) is -0.357. The lowest BCUT2D eigenvalue weighted by molar-refractivity contribution is 0.0601. The van der Waals surface area contributed by atoms with Crippen molar-refractivity contribution in [1.82, 2.24) is 4.90 Å². The van der Waals surface area contributed by atoms with Crippen LogP contribution in [0.15, 0.2) is 23.2 Å². The Hall–Kier alpha value is -1.84. The summed E-state index contributed by atoms with van der Waals surface area (Å²) in [6.07, 6.45) is 1.65. The van der Waals surface area contributed by atoms with Gasteiger partial charge in [-0.1, -0.05) is 12.1 Å². The van der Waals surface area contributed by atoms with Crippen LogP contribution in [-0.4, -0.2) is 38.4 Å². The van der Waals surface area contributed by atoms with Gasteiger partial charge in [-0.2, -0.15) is 0 Å². The van der Waals surface area contributed by atoms with Gasteiger partial charge in [-0.25, -0.2) is 9.79 Å². The fourth-order valence-electron chi connectivity index (χ4n) is 1.31. The summed E-state index contributed by atoms with van der Waals surface area (Å²) in [5, 5.41) is 0. The van der Waals surface area contributed by atoms with Gasteiger partial charge in [0.15, 0.2) is 0 Å². The lowest BCUT2D eigenvalue weighted by atomic mass is 10.1.